The highest BCUT2D eigenvalue weighted by molar-refractivity contribution is 5.60. The van der Waals surface area contributed by atoms with E-state index in [0.717, 1.165) is 0 Å². The highest BCUT2D eigenvalue weighted by atomic mass is 16.6. The zero-order chi connectivity index (χ0) is 11.7. The third-order valence-corrected chi connectivity index (χ3v) is 2.02. The first-order chi connectivity index (χ1) is 7.56. The molecule has 2 heterocycles. The molecular weight excluding hydrogens is 210 g/mol. The van der Waals surface area contributed by atoms with Gasteiger partial charge in [0.1, 0.15) is 11.5 Å². The fourth-order valence-electron chi connectivity index (χ4n) is 1.33. The summed E-state index contributed by atoms with van der Waals surface area (Å²) in [6, 6.07) is 4.27. The Morgan fingerprint density at radius 1 is 1.44 bits per heavy atom. The smallest absolute Gasteiger partial charge is 0.275 e. The molecule has 0 aliphatic carbocycles. The first-order valence-corrected chi connectivity index (χ1v) is 4.48. The molecular formula is C9H9N5O2. The van der Waals surface area contributed by atoms with Crippen LogP contribution < -0.4 is 5.73 Å². The fourth-order valence-corrected chi connectivity index (χ4v) is 1.33. The Balaban J connectivity index is 2.53. The van der Waals surface area contributed by atoms with Crippen LogP contribution in [0.5, 0.6) is 0 Å². The molecule has 0 aromatic carbocycles. The molecule has 2 N–H and O–H groups in total. The normalized spacial score (nSPS) is 10.3. The number of hydrogen-bond acceptors (Lipinski definition) is 5. The maximum atomic E-state index is 10.6. The minimum Gasteiger partial charge on any atom is -0.383 e. The lowest BCUT2D eigenvalue weighted by atomic mass is 10.2. The van der Waals surface area contributed by atoms with Crippen LogP contribution in [-0.4, -0.2) is 19.7 Å². The highest BCUT2D eigenvalue weighted by Crippen LogP contribution is 2.22. The van der Waals surface area contributed by atoms with E-state index in [9.17, 15) is 10.1 Å². The zero-order valence-corrected chi connectivity index (χ0v) is 8.49. The summed E-state index contributed by atoms with van der Waals surface area (Å²) in [5.41, 5.74) is 6.35. The predicted molar refractivity (Wildman–Crippen MR) is 57.5 cm³/mol. The number of nitrogens with zero attached hydrogens (tertiary/aromatic N) is 4. The van der Waals surface area contributed by atoms with E-state index in [1.165, 1.54) is 12.1 Å². The van der Waals surface area contributed by atoms with Crippen molar-refractivity contribution in [1.29, 1.82) is 0 Å². The average Bonchev–Trinajstić information content (AvgIpc) is 2.64. The lowest BCUT2D eigenvalue weighted by Crippen LogP contribution is -1.97. The van der Waals surface area contributed by atoms with Crippen molar-refractivity contribution in [2.24, 2.45) is 7.05 Å². The van der Waals surface area contributed by atoms with Gasteiger partial charge in [-0.25, -0.2) is 4.98 Å². The number of nitrogens with two attached hydrogens (primary N) is 1. The molecule has 16 heavy (non-hydrogen) atoms. The van der Waals surface area contributed by atoms with Crippen LogP contribution in [0.15, 0.2) is 24.4 Å². The van der Waals surface area contributed by atoms with Crippen LogP contribution in [0.1, 0.15) is 0 Å². The van der Waals surface area contributed by atoms with Crippen LogP contribution in [0, 0.1) is 10.1 Å². The summed E-state index contributed by atoms with van der Waals surface area (Å²) in [4.78, 5) is 14.1. The largest absolute Gasteiger partial charge is 0.383 e. The third kappa shape index (κ3) is 1.83. The zero-order valence-electron chi connectivity index (χ0n) is 8.49. The highest BCUT2D eigenvalue weighted by Gasteiger charge is 2.12. The van der Waals surface area contributed by atoms with Crippen LogP contribution in [0.3, 0.4) is 0 Å². The van der Waals surface area contributed by atoms with Crippen LogP contribution >= 0.6 is 0 Å². The molecule has 0 aliphatic rings. The van der Waals surface area contributed by atoms with Gasteiger partial charge < -0.3 is 5.73 Å². The Morgan fingerprint density at radius 2 is 2.19 bits per heavy atom. The number of nitro groups is 1. The van der Waals surface area contributed by atoms with Gasteiger partial charge in [0.2, 0.25) is 0 Å². The van der Waals surface area contributed by atoms with Crippen LogP contribution in [0.2, 0.25) is 0 Å². The molecule has 0 amide bonds. The minimum absolute atomic E-state index is 0.0897. The van der Waals surface area contributed by atoms with E-state index in [-0.39, 0.29) is 11.5 Å². The Hall–Kier alpha value is -2.44. The van der Waals surface area contributed by atoms with Gasteiger partial charge in [-0.3, -0.25) is 14.8 Å². The monoisotopic (exact) mass is 219 g/mol. The molecule has 2 aromatic rings. The lowest BCUT2D eigenvalue weighted by molar-refractivity contribution is -0.384. The molecule has 0 spiro atoms. The summed E-state index contributed by atoms with van der Waals surface area (Å²) in [5, 5.41) is 14.7. The SMILES string of the molecule is Cn1ccc(-c2cc([N+](=O)[O-])cc(N)n2)n1. The van der Waals surface area contributed by atoms with Crippen molar-refractivity contribution in [3.05, 3.63) is 34.5 Å². The van der Waals surface area contributed by atoms with E-state index >= 15 is 0 Å². The van der Waals surface area contributed by atoms with E-state index in [0.29, 0.717) is 11.4 Å². The van der Waals surface area contributed by atoms with Gasteiger partial charge in [-0.1, -0.05) is 0 Å². The number of aromatic nitrogens is 3. The maximum absolute atomic E-state index is 10.6. The Morgan fingerprint density at radius 3 is 2.75 bits per heavy atom. The van der Waals surface area contributed by atoms with Crippen molar-refractivity contribution >= 4 is 11.5 Å². The number of pyridine rings is 1. The summed E-state index contributed by atoms with van der Waals surface area (Å²) >= 11 is 0. The van der Waals surface area contributed by atoms with Gasteiger partial charge in [-0.2, -0.15) is 5.10 Å². The molecule has 2 rings (SSSR count). The number of anilines is 1. The third-order valence-electron chi connectivity index (χ3n) is 2.02. The Kier molecular flexibility index (Phi) is 2.28. The van der Waals surface area contributed by atoms with Gasteiger partial charge in [0.15, 0.2) is 0 Å². The lowest BCUT2D eigenvalue weighted by Gasteiger charge is -1.98. The van der Waals surface area contributed by atoms with Gasteiger partial charge in [0.05, 0.1) is 16.7 Å². The second kappa shape index (κ2) is 3.61. The molecule has 82 valence electrons. The molecule has 0 unspecified atom stereocenters. The topological polar surface area (TPSA) is 99.9 Å². The van der Waals surface area contributed by atoms with Gasteiger partial charge in [0.25, 0.3) is 5.69 Å². The first-order valence-electron chi connectivity index (χ1n) is 4.48. The van der Waals surface area contributed by atoms with Gasteiger partial charge in [-0.05, 0) is 6.07 Å². The van der Waals surface area contributed by atoms with E-state index in [1.807, 2.05) is 0 Å². The average molecular weight is 219 g/mol. The molecule has 0 saturated heterocycles. The first kappa shape index (κ1) is 10.1. The molecule has 0 radical (unpaired) electrons. The molecule has 2 aromatic heterocycles. The van der Waals surface area contributed by atoms with Gasteiger partial charge >= 0.3 is 0 Å². The van der Waals surface area contributed by atoms with Crippen LogP contribution in [0.25, 0.3) is 11.4 Å². The number of nitrogen functional groups attached to an aromatic ring is 1. The molecule has 0 fully saturated rings. The van der Waals surface area contributed by atoms with Crippen molar-refractivity contribution < 1.29 is 4.92 Å². The molecule has 0 aliphatic heterocycles. The Labute approximate surface area is 90.7 Å². The van der Waals surface area contributed by atoms with E-state index < -0.39 is 4.92 Å². The summed E-state index contributed by atoms with van der Waals surface area (Å²) < 4.78 is 1.59. The predicted octanol–water partition coefficient (Wildman–Crippen LogP) is 0.972. The molecule has 7 heteroatoms. The summed E-state index contributed by atoms with van der Waals surface area (Å²) in [6.45, 7) is 0. The van der Waals surface area contributed by atoms with Gasteiger partial charge in [-0.15, -0.1) is 0 Å². The van der Waals surface area contributed by atoms with Crippen molar-refractivity contribution in [2.75, 3.05) is 5.73 Å². The molecule has 7 nitrogen and oxygen atoms in total. The van der Waals surface area contributed by atoms with E-state index in [4.69, 9.17) is 5.73 Å². The summed E-state index contributed by atoms with van der Waals surface area (Å²) in [7, 11) is 1.75. The van der Waals surface area contributed by atoms with Crippen LogP contribution in [-0.2, 0) is 7.05 Å². The quantitative estimate of drug-likeness (QED) is 0.599. The van der Waals surface area contributed by atoms with Gasteiger partial charge in [0, 0.05) is 19.3 Å². The fraction of sp³-hybridized carbons (Fsp3) is 0.111. The maximum Gasteiger partial charge on any atom is 0.275 e. The van der Waals surface area contributed by atoms with Crippen molar-refractivity contribution in [2.45, 2.75) is 0 Å². The van der Waals surface area contributed by atoms with E-state index in [2.05, 4.69) is 10.1 Å². The molecule has 0 atom stereocenters. The van der Waals surface area contributed by atoms with Crippen LogP contribution in [0.4, 0.5) is 11.5 Å². The summed E-state index contributed by atoms with van der Waals surface area (Å²) in [6.07, 6.45) is 1.73. The van der Waals surface area contributed by atoms with Crippen molar-refractivity contribution in [3.8, 4) is 11.4 Å². The number of hydrogen-bond donors (Lipinski definition) is 1. The second-order valence-electron chi connectivity index (χ2n) is 3.27. The van der Waals surface area contributed by atoms with Crippen molar-refractivity contribution in [3.63, 3.8) is 0 Å². The molecule has 0 bridgehead atoms. The Bertz CT molecular complexity index is 549. The van der Waals surface area contributed by atoms with E-state index in [1.54, 1.807) is 24.0 Å². The summed E-state index contributed by atoms with van der Waals surface area (Å²) in [5.74, 6) is 0.106. The second-order valence-corrected chi connectivity index (χ2v) is 3.27. The van der Waals surface area contributed by atoms with Crippen molar-refractivity contribution in [1.82, 2.24) is 14.8 Å². The number of rotatable bonds is 2. The minimum atomic E-state index is -0.509. The molecule has 0 saturated carbocycles. The number of aryl methyl sites for hydroxylation is 1. The standard InChI is InChI=1S/C9H9N5O2/c1-13-3-2-7(12-13)8-4-6(14(15)16)5-9(10)11-8/h2-5H,1H3,(H2,10,11).